The Hall–Kier alpha value is -2.24. The Bertz CT molecular complexity index is 641. The van der Waals surface area contributed by atoms with Crippen LogP contribution in [0.15, 0.2) is 54.6 Å². The molecule has 2 aromatic rings. The first-order chi connectivity index (χ1) is 9.27. The Kier molecular flexibility index (Phi) is 4.22. The van der Waals surface area contributed by atoms with E-state index in [1.54, 1.807) is 7.11 Å². The summed E-state index contributed by atoms with van der Waals surface area (Å²) in [7, 11) is 1.58. The zero-order valence-electron chi connectivity index (χ0n) is 10.4. The van der Waals surface area contributed by atoms with Crippen LogP contribution in [0.5, 0.6) is 5.75 Å². The van der Waals surface area contributed by atoms with Gasteiger partial charge in [-0.15, -0.1) is 0 Å². The van der Waals surface area contributed by atoms with Crippen molar-refractivity contribution >= 4 is 22.2 Å². The minimum absolute atomic E-state index is 0.395. The Balaban J connectivity index is 2.59. The number of allylic oxidation sites excluding steroid dienone is 1. The summed E-state index contributed by atoms with van der Waals surface area (Å²) in [6.45, 7) is 0. The number of ether oxygens (including phenoxy) is 1. The minimum Gasteiger partial charge on any atom is -0.496 e. The highest BCUT2D eigenvalue weighted by Crippen LogP contribution is 2.34. The van der Waals surface area contributed by atoms with Gasteiger partial charge >= 0.3 is 0 Å². The van der Waals surface area contributed by atoms with Crippen molar-refractivity contribution in [3.8, 4) is 11.8 Å². The molecule has 0 bridgehead atoms. The molecule has 3 heteroatoms. The van der Waals surface area contributed by atoms with Gasteiger partial charge in [0.05, 0.1) is 17.7 Å². The predicted octanol–water partition coefficient (Wildman–Crippen LogP) is 4.33. The quantitative estimate of drug-likeness (QED) is 0.614. The second-order valence-corrected chi connectivity index (χ2v) is 4.25. The summed E-state index contributed by atoms with van der Waals surface area (Å²) < 4.78 is 5.27. The zero-order chi connectivity index (χ0) is 13.7. The molecule has 0 N–H and O–H groups in total. The summed E-state index contributed by atoms with van der Waals surface area (Å²) in [4.78, 5) is 0. The minimum atomic E-state index is 0.395. The molecule has 0 spiro atoms. The van der Waals surface area contributed by atoms with E-state index in [0.29, 0.717) is 21.9 Å². The highest BCUT2D eigenvalue weighted by molar-refractivity contribution is 6.53. The lowest BCUT2D eigenvalue weighted by atomic mass is 10.0. The Morgan fingerprint density at radius 1 is 1.05 bits per heavy atom. The molecule has 0 unspecified atom stereocenters. The van der Waals surface area contributed by atoms with Crippen LogP contribution in [0.3, 0.4) is 0 Å². The Labute approximate surface area is 117 Å². The van der Waals surface area contributed by atoms with Crippen molar-refractivity contribution in [1.82, 2.24) is 0 Å². The first kappa shape index (κ1) is 13.2. The maximum absolute atomic E-state index is 9.34. The summed E-state index contributed by atoms with van der Waals surface area (Å²) >= 11 is 6.37. The molecule has 0 aliphatic heterocycles. The smallest absolute Gasteiger partial charge is 0.127 e. The molecule has 0 aliphatic carbocycles. The average Bonchev–Trinajstić information content (AvgIpc) is 2.49. The van der Waals surface area contributed by atoms with E-state index in [4.69, 9.17) is 16.3 Å². The molecule has 0 aliphatic rings. The number of benzene rings is 2. The SMILES string of the molecule is COc1ccccc1C(Cl)=C(C#N)c1ccccc1. The lowest BCUT2D eigenvalue weighted by Gasteiger charge is -2.09. The first-order valence-corrected chi connectivity index (χ1v) is 6.14. The molecule has 2 aromatic carbocycles. The molecule has 0 amide bonds. The highest BCUT2D eigenvalue weighted by Gasteiger charge is 2.12. The van der Waals surface area contributed by atoms with E-state index >= 15 is 0 Å². The van der Waals surface area contributed by atoms with E-state index in [1.807, 2.05) is 54.6 Å². The van der Waals surface area contributed by atoms with Crippen LogP contribution in [-0.4, -0.2) is 7.11 Å². The van der Waals surface area contributed by atoms with Crippen LogP contribution < -0.4 is 4.74 Å². The molecule has 0 aromatic heterocycles. The molecular weight excluding hydrogens is 258 g/mol. The van der Waals surface area contributed by atoms with Crippen LogP contribution in [0.4, 0.5) is 0 Å². The Morgan fingerprint density at radius 2 is 1.68 bits per heavy atom. The molecule has 0 atom stereocenters. The van der Waals surface area contributed by atoms with Crippen LogP contribution in [0, 0.1) is 11.3 Å². The van der Waals surface area contributed by atoms with Gasteiger partial charge < -0.3 is 4.74 Å². The summed E-state index contributed by atoms with van der Waals surface area (Å²) in [6, 6.07) is 18.9. The number of hydrogen-bond donors (Lipinski definition) is 0. The number of para-hydroxylation sites is 1. The van der Waals surface area contributed by atoms with Gasteiger partial charge in [-0.1, -0.05) is 54.1 Å². The van der Waals surface area contributed by atoms with Crippen molar-refractivity contribution in [2.75, 3.05) is 7.11 Å². The van der Waals surface area contributed by atoms with Crippen molar-refractivity contribution in [3.63, 3.8) is 0 Å². The molecular formula is C16H12ClNO. The maximum Gasteiger partial charge on any atom is 0.127 e. The van der Waals surface area contributed by atoms with Gasteiger partial charge in [-0.05, 0) is 17.7 Å². The lowest BCUT2D eigenvalue weighted by Crippen LogP contribution is -1.91. The van der Waals surface area contributed by atoms with Crippen LogP contribution in [0.25, 0.3) is 10.6 Å². The molecule has 2 nitrogen and oxygen atoms in total. The summed E-state index contributed by atoms with van der Waals surface area (Å²) in [6.07, 6.45) is 0. The second-order valence-electron chi connectivity index (χ2n) is 3.87. The van der Waals surface area contributed by atoms with Gasteiger partial charge in [-0.3, -0.25) is 0 Å². The largest absolute Gasteiger partial charge is 0.496 e. The van der Waals surface area contributed by atoms with Gasteiger partial charge in [0, 0.05) is 5.56 Å². The van der Waals surface area contributed by atoms with Crippen LogP contribution in [-0.2, 0) is 0 Å². The van der Waals surface area contributed by atoms with Crippen molar-refractivity contribution in [3.05, 3.63) is 65.7 Å². The monoisotopic (exact) mass is 269 g/mol. The standard InChI is InChI=1S/C16H12ClNO/c1-19-15-10-6-5-9-13(15)16(17)14(11-18)12-7-3-2-4-8-12/h2-10H,1H3. The third-order valence-electron chi connectivity index (χ3n) is 2.74. The van der Waals surface area contributed by atoms with Gasteiger partial charge in [0.15, 0.2) is 0 Å². The van der Waals surface area contributed by atoms with Gasteiger partial charge in [-0.2, -0.15) is 5.26 Å². The fourth-order valence-corrected chi connectivity index (χ4v) is 2.11. The second kappa shape index (κ2) is 6.08. The molecule has 0 radical (unpaired) electrons. The third kappa shape index (κ3) is 2.78. The average molecular weight is 270 g/mol. The Morgan fingerprint density at radius 3 is 2.32 bits per heavy atom. The molecule has 0 fully saturated rings. The molecule has 0 saturated carbocycles. The molecule has 19 heavy (non-hydrogen) atoms. The van der Waals surface area contributed by atoms with Crippen molar-refractivity contribution in [2.45, 2.75) is 0 Å². The zero-order valence-corrected chi connectivity index (χ0v) is 11.2. The normalized spacial score (nSPS) is 11.4. The molecule has 94 valence electrons. The maximum atomic E-state index is 9.34. The van der Waals surface area contributed by atoms with E-state index < -0.39 is 0 Å². The summed E-state index contributed by atoms with van der Waals surface area (Å²) in [5.74, 6) is 0.649. The van der Waals surface area contributed by atoms with E-state index in [2.05, 4.69) is 6.07 Å². The number of rotatable bonds is 3. The van der Waals surface area contributed by atoms with Crippen molar-refractivity contribution < 1.29 is 4.74 Å². The van der Waals surface area contributed by atoms with Crippen molar-refractivity contribution in [2.24, 2.45) is 0 Å². The van der Waals surface area contributed by atoms with Crippen LogP contribution >= 0.6 is 11.6 Å². The summed E-state index contributed by atoms with van der Waals surface area (Å²) in [5, 5.41) is 9.74. The third-order valence-corrected chi connectivity index (χ3v) is 3.13. The molecule has 2 rings (SSSR count). The van der Waals surface area contributed by atoms with Crippen LogP contribution in [0.2, 0.25) is 0 Å². The molecule has 0 saturated heterocycles. The lowest BCUT2D eigenvalue weighted by molar-refractivity contribution is 0.414. The fourth-order valence-electron chi connectivity index (χ4n) is 1.81. The van der Waals surface area contributed by atoms with Gasteiger partial charge in [0.25, 0.3) is 0 Å². The topological polar surface area (TPSA) is 33.0 Å². The first-order valence-electron chi connectivity index (χ1n) is 5.76. The van der Waals surface area contributed by atoms with E-state index in [1.165, 1.54) is 0 Å². The van der Waals surface area contributed by atoms with E-state index in [9.17, 15) is 5.26 Å². The summed E-state index contributed by atoms with van der Waals surface area (Å²) in [5.41, 5.74) is 1.94. The number of methoxy groups -OCH3 is 1. The predicted molar refractivity (Wildman–Crippen MR) is 77.7 cm³/mol. The van der Waals surface area contributed by atoms with E-state index in [0.717, 1.165) is 5.56 Å². The van der Waals surface area contributed by atoms with Crippen LogP contribution in [0.1, 0.15) is 11.1 Å². The van der Waals surface area contributed by atoms with Gasteiger partial charge in [0.1, 0.15) is 11.8 Å². The molecule has 0 heterocycles. The van der Waals surface area contributed by atoms with Crippen molar-refractivity contribution in [1.29, 1.82) is 5.26 Å². The number of halogens is 1. The highest BCUT2D eigenvalue weighted by atomic mass is 35.5. The number of hydrogen-bond acceptors (Lipinski definition) is 2. The van der Waals surface area contributed by atoms with E-state index in [-0.39, 0.29) is 0 Å². The number of nitrogens with zero attached hydrogens (tertiary/aromatic N) is 1. The fraction of sp³-hybridized carbons (Fsp3) is 0.0625. The van der Waals surface area contributed by atoms with Gasteiger partial charge in [0.2, 0.25) is 0 Å². The number of nitriles is 1. The van der Waals surface area contributed by atoms with Gasteiger partial charge in [-0.25, -0.2) is 0 Å².